The molecular weight excluding hydrogens is 414 g/mol. The van der Waals surface area contributed by atoms with Crippen LogP contribution >= 0.6 is 0 Å². The first kappa shape index (κ1) is 23.5. The third-order valence-corrected chi connectivity index (χ3v) is 7.51. The number of imidazole rings is 1. The van der Waals surface area contributed by atoms with E-state index in [1.807, 2.05) is 0 Å². The van der Waals surface area contributed by atoms with Crippen LogP contribution in [0.5, 0.6) is 0 Å². The molecule has 2 saturated carbocycles. The van der Waals surface area contributed by atoms with E-state index in [9.17, 15) is 14.7 Å². The second kappa shape index (κ2) is 11.0. The molecule has 6 heteroatoms. The van der Waals surface area contributed by atoms with Gasteiger partial charge in [-0.25, -0.2) is 9.78 Å². The van der Waals surface area contributed by atoms with E-state index in [-0.39, 0.29) is 11.5 Å². The number of carboxylic acids is 1. The summed E-state index contributed by atoms with van der Waals surface area (Å²) in [5, 5.41) is 12.3. The molecular formula is C27H37N3O3. The zero-order chi connectivity index (χ0) is 23.2. The maximum Gasteiger partial charge on any atom is 0.336 e. The minimum absolute atomic E-state index is 0.200. The average Bonchev–Trinajstić information content (AvgIpc) is 3.07. The molecule has 2 fully saturated rings. The van der Waals surface area contributed by atoms with E-state index >= 15 is 0 Å². The summed E-state index contributed by atoms with van der Waals surface area (Å²) in [7, 11) is 0. The summed E-state index contributed by atoms with van der Waals surface area (Å²) in [5.41, 5.74) is 2.76. The predicted octanol–water partition coefficient (Wildman–Crippen LogP) is 6.62. The third-order valence-electron chi connectivity index (χ3n) is 7.51. The van der Waals surface area contributed by atoms with Gasteiger partial charge in [0, 0.05) is 17.3 Å². The number of carbonyl (C=O) groups excluding carboxylic acids is 1. The van der Waals surface area contributed by atoms with Crippen LogP contribution in [0.4, 0.5) is 5.69 Å². The number of aromatic nitrogens is 2. The minimum Gasteiger partial charge on any atom is -0.478 e. The normalized spacial score (nSPS) is 18.1. The zero-order valence-electron chi connectivity index (χ0n) is 19.8. The number of aryl methyl sites for hydroxylation is 2. The maximum absolute atomic E-state index is 13.3. The topological polar surface area (TPSA) is 95.1 Å². The van der Waals surface area contributed by atoms with Crippen molar-refractivity contribution in [1.82, 2.24) is 9.97 Å². The van der Waals surface area contributed by atoms with Crippen molar-refractivity contribution in [2.24, 2.45) is 5.92 Å². The maximum atomic E-state index is 13.3. The van der Waals surface area contributed by atoms with E-state index in [2.05, 4.69) is 10.3 Å². The van der Waals surface area contributed by atoms with Crippen molar-refractivity contribution >= 4 is 17.6 Å². The van der Waals surface area contributed by atoms with E-state index in [1.165, 1.54) is 63.9 Å². The highest BCUT2D eigenvalue weighted by atomic mass is 16.4. The number of aromatic amines is 1. The van der Waals surface area contributed by atoms with Crippen LogP contribution in [0.15, 0.2) is 18.2 Å². The number of H-pyrrole nitrogens is 1. The van der Waals surface area contributed by atoms with Crippen LogP contribution in [-0.2, 0) is 6.42 Å². The number of rotatable bonds is 7. The monoisotopic (exact) mass is 451 g/mol. The van der Waals surface area contributed by atoms with Gasteiger partial charge >= 0.3 is 5.97 Å². The molecule has 6 nitrogen and oxygen atoms in total. The third kappa shape index (κ3) is 6.04. The highest BCUT2D eigenvalue weighted by Crippen LogP contribution is 2.33. The molecule has 0 atom stereocenters. The Morgan fingerprint density at radius 3 is 2.39 bits per heavy atom. The molecule has 2 aromatic rings. The Morgan fingerprint density at radius 1 is 1.03 bits per heavy atom. The summed E-state index contributed by atoms with van der Waals surface area (Å²) in [6.07, 6.45) is 15.7. The predicted molar refractivity (Wildman–Crippen MR) is 130 cm³/mol. The smallest absolute Gasteiger partial charge is 0.336 e. The van der Waals surface area contributed by atoms with Gasteiger partial charge in [-0.2, -0.15) is 0 Å². The Bertz CT molecular complexity index is 967. The zero-order valence-corrected chi connectivity index (χ0v) is 19.8. The summed E-state index contributed by atoms with van der Waals surface area (Å²) in [4.78, 5) is 33.1. The van der Waals surface area contributed by atoms with E-state index < -0.39 is 5.97 Å². The fourth-order valence-corrected chi connectivity index (χ4v) is 5.49. The molecule has 1 amide bonds. The fraction of sp³-hybridized carbons (Fsp3) is 0.593. The molecule has 1 aromatic heterocycles. The molecule has 0 aliphatic heterocycles. The number of nitrogens with one attached hydrogen (secondary N) is 2. The molecule has 0 unspecified atom stereocenters. The van der Waals surface area contributed by atoms with Crippen molar-refractivity contribution < 1.29 is 14.7 Å². The Morgan fingerprint density at radius 2 is 1.70 bits per heavy atom. The van der Waals surface area contributed by atoms with Gasteiger partial charge in [0.05, 0.1) is 5.56 Å². The lowest BCUT2D eigenvalue weighted by molar-refractivity contribution is 0.0695. The SMILES string of the molecule is Cc1ccc(NC(=O)c2nc(C3CCCCC3)[nH]c2CCC2CCCCCC2)cc1C(=O)O. The number of nitrogens with zero attached hydrogens (tertiary/aromatic N) is 1. The highest BCUT2D eigenvalue weighted by Gasteiger charge is 2.25. The van der Waals surface area contributed by atoms with Crippen molar-refractivity contribution in [2.45, 2.75) is 96.3 Å². The number of hydrogen-bond acceptors (Lipinski definition) is 3. The molecule has 1 aromatic carbocycles. The molecule has 2 aliphatic rings. The van der Waals surface area contributed by atoms with E-state index in [1.54, 1.807) is 19.1 Å². The second-order valence-electron chi connectivity index (χ2n) is 9.97. The lowest BCUT2D eigenvalue weighted by Gasteiger charge is -2.19. The standard InChI is InChI=1S/C27H37N3O3/c1-18-13-15-21(17-22(18)27(32)33)28-26(31)24-23(16-14-19-9-5-2-3-6-10-19)29-25(30-24)20-11-7-4-8-12-20/h13,15,17,19-20H,2-12,14,16H2,1H3,(H,28,31)(H,29,30)(H,32,33). The molecule has 4 rings (SSSR count). The molecule has 1 heterocycles. The number of hydrogen-bond donors (Lipinski definition) is 3. The van der Waals surface area contributed by atoms with E-state index in [0.717, 1.165) is 43.1 Å². The van der Waals surface area contributed by atoms with Crippen molar-refractivity contribution in [3.8, 4) is 0 Å². The summed E-state index contributed by atoms with van der Waals surface area (Å²) in [5.74, 6) is 0.817. The number of carboxylic acid groups (broad SMARTS) is 1. The number of anilines is 1. The summed E-state index contributed by atoms with van der Waals surface area (Å²) < 4.78 is 0. The van der Waals surface area contributed by atoms with Crippen LogP contribution in [0, 0.1) is 12.8 Å². The van der Waals surface area contributed by atoms with Gasteiger partial charge in [-0.15, -0.1) is 0 Å². The van der Waals surface area contributed by atoms with Crippen molar-refractivity contribution in [2.75, 3.05) is 5.32 Å². The summed E-state index contributed by atoms with van der Waals surface area (Å²) >= 11 is 0. The number of carbonyl (C=O) groups is 2. The van der Waals surface area contributed by atoms with Gasteiger partial charge < -0.3 is 15.4 Å². The van der Waals surface area contributed by atoms with Crippen LogP contribution in [0.25, 0.3) is 0 Å². The molecule has 0 saturated heterocycles. The quantitative estimate of drug-likeness (QED) is 0.412. The van der Waals surface area contributed by atoms with Gasteiger partial charge in [-0.3, -0.25) is 4.79 Å². The van der Waals surface area contributed by atoms with Crippen molar-refractivity contribution in [1.29, 1.82) is 0 Å². The Hall–Kier alpha value is -2.63. The van der Waals surface area contributed by atoms with Crippen LogP contribution in [0.1, 0.15) is 121 Å². The van der Waals surface area contributed by atoms with Crippen LogP contribution < -0.4 is 5.32 Å². The average molecular weight is 452 g/mol. The summed E-state index contributed by atoms with van der Waals surface area (Å²) in [6.45, 7) is 1.75. The number of benzene rings is 1. The van der Waals surface area contributed by atoms with Gasteiger partial charge in [0.15, 0.2) is 0 Å². The second-order valence-corrected chi connectivity index (χ2v) is 9.97. The fourth-order valence-electron chi connectivity index (χ4n) is 5.49. The number of amides is 1. The first-order chi connectivity index (χ1) is 16.0. The molecule has 2 aliphatic carbocycles. The van der Waals surface area contributed by atoms with Crippen molar-refractivity contribution in [3.63, 3.8) is 0 Å². The van der Waals surface area contributed by atoms with Gasteiger partial charge in [-0.1, -0.05) is 63.9 Å². The first-order valence-electron chi connectivity index (χ1n) is 12.8. The van der Waals surface area contributed by atoms with Gasteiger partial charge in [0.2, 0.25) is 0 Å². The first-order valence-corrected chi connectivity index (χ1v) is 12.8. The molecule has 0 bridgehead atoms. The molecule has 178 valence electrons. The minimum atomic E-state index is -0.993. The van der Waals surface area contributed by atoms with Crippen LogP contribution in [0.3, 0.4) is 0 Å². The van der Waals surface area contributed by atoms with Gasteiger partial charge in [0.25, 0.3) is 5.91 Å². The Labute approximate surface area is 196 Å². The lowest BCUT2D eigenvalue weighted by Crippen LogP contribution is -2.16. The van der Waals surface area contributed by atoms with E-state index in [0.29, 0.717) is 22.9 Å². The Kier molecular flexibility index (Phi) is 7.84. The highest BCUT2D eigenvalue weighted by molar-refractivity contribution is 6.04. The lowest BCUT2D eigenvalue weighted by atomic mass is 9.89. The van der Waals surface area contributed by atoms with Crippen LogP contribution in [0.2, 0.25) is 0 Å². The molecule has 33 heavy (non-hydrogen) atoms. The van der Waals surface area contributed by atoms with Gasteiger partial charge in [0.1, 0.15) is 11.5 Å². The van der Waals surface area contributed by atoms with Crippen LogP contribution in [-0.4, -0.2) is 27.0 Å². The Balaban J connectivity index is 1.53. The summed E-state index contributed by atoms with van der Waals surface area (Å²) in [6, 6.07) is 5.00. The molecule has 0 radical (unpaired) electrons. The largest absolute Gasteiger partial charge is 0.478 e. The van der Waals surface area contributed by atoms with Crippen molar-refractivity contribution in [3.05, 3.63) is 46.5 Å². The molecule has 0 spiro atoms. The number of aromatic carboxylic acids is 1. The van der Waals surface area contributed by atoms with E-state index in [4.69, 9.17) is 4.98 Å². The van der Waals surface area contributed by atoms with Gasteiger partial charge in [-0.05, 0) is 56.2 Å². The molecule has 3 N–H and O–H groups in total.